The maximum Gasteiger partial charge on any atom is 0.408 e. The van der Waals surface area contributed by atoms with Gasteiger partial charge in [-0.25, -0.2) is 4.79 Å². The average Bonchev–Trinajstić information content (AvgIpc) is 2.65. The Kier molecular flexibility index (Phi) is 6.62. The Morgan fingerprint density at radius 2 is 2.27 bits per heavy atom. The molecule has 0 unspecified atom stereocenters. The van der Waals surface area contributed by atoms with E-state index in [1.165, 1.54) is 0 Å². The third kappa shape index (κ3) is 5.31. The van der Waals surface area contributed by atoms with Gasteiger partial charge in [-0.2, -0.15) is 0 Å². The number of aromatic nitrogens is 1. The fourth-order valence-electron chi connectivity index (χ4n) is 2.95. The Balaban J connectivity index is 1.49. The van der Waals surface area contributed by atoms with Crippen LogP contribution in [0.1, 0.15) is 19.3 Å². The van der Waals surface area contributed by atoms with E-state index in [4.69, 9.17) is 14.2 Å². The Labute approximate surface area is 153 Å². The van der Waals surface area contributed by atoms with Crippen molar-refractivity contribution in [3.05, 3.63) is 36.7 Å². The van der Waals surface area contributed by atoms with Gasteiger partial charge in [0.05, 0.1) is 0 Å². The third-order valence-electron chi connectivity index (χ3n) is 4.27. The van der Waals surface area contributed by atoms with Crippen molar-refractivity contribution in [1.29, 1.82) is 0 Å². The largest absolute Gasteiger partial charge is 0.490 e. The van der Waals surface area contributed by atoms with E-state index in [1.54, 1.807) is 13.3 Å². The first-order valence-corrected chi connectivity index (χ1v) is 8.92. The molecule has 0 spiro atoms. The van der Waals surface area contributed by atoms with Gasteiger partial charge in [0.1, 0.15) is 11.9 Å². The van der Waals surface area contributed by atoms with E-state index in [-0.39, 0.29) is 12.3 Å². The summed E-state index contributed by atoms with van der Waals surface area (Å²) in [6.07, 6.45) is 5.07. The second-order valence-electron chi connectivity index (χ2n) is 6.27. The van der Waals surface area contributed by atoms with Gasteiger partial charge >= 0.3 is 6.09 Å². The van der Waals surface area contributed by atoms with Crippen molar-refractivity contribution in [1.82, 2.24) is 15.6 Å². The average molecular weight is 359 g/mol. The second kappa shape index (κ2) is 9.35. The van der Waals surface area contributed by atoms with Gasteiger partial charge in [-0.3, -0.25) is 10.3 Å². The van der Waals surface area contributed by atoms with Crippen LogP contribution in [0, 0.1) is 0 Å². The Morgan fingerprint density at radius 1 is 1.35 bits per heavy atom. The molecule has 26 heavy (non-hydrogen) atoms. The lowest BCUT2D eigenvalue weighted by atomic mass is 10.1. The highest BCUT2D eigenvalue weighted by atomic mass is 16.6. The number of ether oxygens (including phenoxy) is 3. The van der Waals surface area contributed by atoms with E-state index < -0.39 is 6.09 Å². The lowest BCUT2D eigenvalue weighted by molar-refractivity contribution is 0.0202. The first-order chi connectivity index (χ1) is 12.7. The molecule has 140 valence electrons. The zero-order valence-electron chi connectivity index (χ0n) is 14.9. The van der Waals surface area contributed by atoms with Crippen LogP contribution in [-0.2, 0) is 9.47 Å². The topological polar surface area (TPSA) is 81.7 Å². The quantitative estimate of drug-likeness (QED) is 0.739. The number of carbonyl (C=O) groups excluding carboxylic acids is 1. The number of methoxy groups -OCH3 is 1. The van der Waals surface area contributed by atoms with E-state index in [0.29, 0.717) is 19.6 Å². The summed E-state index contributed by atoms with van der Waals surface area (Å²) in [5, 5.41) is 8.09. The normalized spacial score (nSPS) is 19.9. The molecule has 2 atom stereocenters. The predicted octanol–water partition coefficient (Wildman–Crippen LogP) is 2.45. The SMILES string of the molecule is COCCCNC(=O)O[C@H]1C[C@@H](Oc2ccc3cnccc3c2)CCN1. The standard InChI is InChI=1S/C19H25N3O4/c1-24-10-2-7-22-19(23)26-18-12-17(6-9-21-18)25-16-4-3-15-13-20-8-5-14(15)11-16/h3-5,8,11,13,17-18,21H,2,6-7,9-10,12H2,1H3,(H,22,23)/t17-,18-/m0/s1. The number of hydrogen-bond acceptors (Lipinski definition) is 6. The van der Waals surface area contributed by atoms with Gasteiger partial charge in [-0.15, -0.1) is 0 Å². The molecule has 7 nitrogen and oxygen atoms in total. The van der Waals surface area contributed by atoms with Crippen LogP contribution in [0.2, 0.25) is 0 Å². The van der Waals surface area contributed by atoms with Crippen LogP contribution < -0.4 is 15.4 Å². The third-order valence-corrected chi connectivity index (χ3v) is 4.27. The summed E-state index contributed by atoms with van der Waals surface area (Å²) in [7, 11) is 1.64. The number of pyridine rings is 1. The van der Waals surface area contributed by atoms with E-state index in [9.17, 15) is 4.79 Å². The number of rotatable bonds is 7. The van der Waals surface area contributed by atoms with E-state index in [2.05, 4.69) is 15.6 Å². The van der Waals surface area contributed by atoms with Gasteiger partial charge in [0.25, 0.3) is 0 Å². The zero-order valence-corrected chi connectivity index (χ0v) is 14.9. The Bertz CT molecular complexity index is 725. The smallest absolute Gasteiger partial charge is 0.408 e. The number of benzene rings is 1. The van der Waals surface area contributed by atoms with Crippen molar-refractivity contribution in [3.8, 4) is 5.75 Å². The molecule has 2 N–H and O–H groups in total. The van der Waals surface area contributed by atoms with Crippen LogP contribution in [0.4, 0.5) is 4.79 Å². The van der Waals surface area contributed by atoms with Crippen molar-refractivity contribution in [2.45, 2.75) is 31.6 Å². The lowest BCUT2D eigenvalue weighted by Gasteiger charge is -2.30. The molecule has 3 rings (SSSR count). The maximum absolute atomic E-state index is 11.8. The molecule has 1 fully saturated rings. The van der Waals surface area contributed by atoms with Crippen molar-refractivity contribution < 1.29 is 19.0 Å². The van der Waals surface area contributed by atoms with Crippen molar-refractivity contribution in [2.24, 2.45) is 0 Å². The molecule has 0 saturated carbocycles. The first kappa shape index (κ1) is 18.4. The molecule has 1 aromatic carbocycles. The van der Waals surface area contributed by atoms with Crippen LogP contribution >= 0.6 is 0 Å². The summed E-state index contributed by atoms with van der Waals surface area (Å²) >= 11 is 0. The molecule has 1 aliphatic rings. The van der Waals surface area contributed by atoms with E-state index in [1.807, 2.05) is 30.5 Å². The highest BCUT2D eigenvalue weighted by Crippen LogP contribution is 2.23. The molecule has 2 heterocycles. The number of carbonyl (C=O) groups is 1. The zero-order chi connectivity index (χ0) is 18.2. The summed E-state index contributed by atoms with van der Waals surface area (Å²) < 4.78 is 16.5. The Morgan fingerprint density at radius 3 is 3.15 bits per heavy atom. The van der Waals surface area contributed by atoms with Gasteiger partial charge in [0.15, 0.2) is 6.23 Å². The highest BCUT2D eigenvalue weighted by Gasteiger charge is 2.25. The molecule has 0 aliphatic carbocycles. The maximum atomic E-state index is 11.8. The number of nitrogens with zero attached hydrogens (tertiary/aromatic N) is 1. The minimum Gasteiger partial charge on any atom is -0.490 e. The monoisotopic (exact) mass is 359 g/mol. The van der Waals surface area contributed by atoms with E-state index >= 15 is 0 Å². The van der Waals surface area contributed by atoms with Crippen LogP contribution in [-0.4, -0.2) is 50.2 Å². The number of nitrogens with one attached hydrogen (secondary N) is 2. The van der Waals surface area contributed by atoms with Crippen LogP contribution in [0.5, 0.6) is 5.75 Å². The van der Waals surface area contributed by atoms with Crippen LogP contribution in [0.15, 0.2) is 36.7 Å². The molecule has 1 saturated heterocycles. The predicted molar refractivity (Wildman–Crippen MR) is 98.2 cm³/mol. The number of piperidine rings is 1. The van der Waals surface area contributed by atoms with Crippen molar-refractivity contribution in [2.75, 3.05) is 26.8 Å². The summed E-state index contributed by atoms with van der Waals surface area (Å²) in [5.41, 5.74) is 0. The number of alkyl carbamates (subject to hydrolysis) is 1. The van der Waals surface area contributed by atoms with Gasteiger partial charge < -0.3 is 19.5 Å². The lowest BCUT2D eigenvalue weighted by Crippen LogP contribution is -2.46. The second-order valence-corrected chi connectivity index (χ2v) is 6.27. The van der Waals surface area contributed by atoms with Gasteiger partial charge in [-0.1, -0.05) is 0 Å². The molecule has 0 radical (unpaired) electrons. The Hall–Kier alpha value is -2.38. The summed E-state index contributed by atoms with van der Waals surface area (Å²) in [4.78, 5) is 15.9. The number of hydrogen-bond donors (Lipinski definition) is 2. The molecule has 2 aromatic rings. The van der Waals surface area contributed by atoms with Gasteiger partial charge in [0, 0.05) is 51.0 Å². The molecular weight excluding hydrogens is 334 g/mol. The molecule has 1 aromatic heterocycles. The molecular formula is C19H25N3O4. The number of fused-ring (bicyclic) bond motifs is 1. The number of amides is 1. The summed E-state index contributed by atoms with van der Waals surface area (Å²) in [6.45, 7) is 1.88. The van der Waals surface area contributed by atoms with Gasteiger partial charge in [-0.05, 0) is 42.5 Å². The fraction of sp³-hybridized carbons (Fsp3) is 0.474. The summed E-state index contributed by atoms with van der Waals surface area (Å²) in [5.74, 6) is 0.818. The summed E-state index contributed by atoms with van der Waals surface area (Å²) in [6, 6.07) is 7.92. The highest BCUT2D eigenvalue weighted by molar-refractivity contribution is 5.82. The first-order valence-electron chi connectivity index (χ1n) is 8.92. The molecule has 1 amide bonds. The van der Waals surface area contributed by atoms with Crippen molar-refractivity contribution >= 4 is 16.9 Å². The fourth-order valence-corrected chi connectivity index (χ4v) is 2.95. The van der Waals surface area contributed by atoms with Crippen molar-refractivity contribution in [3.63, 3.8) is 0 Å². The minimum atomic E-state index is -0.419. The molecule has 7 heteroatoms. The molecule has 0 bridgehead atoms. The van der Waals surface area contributed by atoms with Crippen LogP contribution in [0.3, 0.4) is 0 Å². The minimum absolute atomic E-state index is 0.00169. The van der Waals surface area contributed by atoms with Crippen LogP contribution in [0.25, 0.3) is 10.8 Å². The van der Waals surface area contributed by atoms with Gasteiger partial charge in [0.2, 0.25) is 0 Å². The van der Waals surface area contributed by atoms with E-state index in [0.717, 1.165) is 35.9 Å². The molecule has 1 aliphatic heterocycles.